The zero-order valence-electron chi connectivity index (χ0n) is 11.2. The van der Waals surface area contributed by atoms with Gasteiger partial charge in [0, 0.05) is 0 Å². The molecule has 0 saturated heterocycles. The van der Waals surface area contributed by atoms with Gasteiger partial charge in [-0.2, -0.15) is 0 Å². The summed E-state index contributed by atoms with van der Waals surface area (Å²) in [7, 11) is 2.43. The van der Waals surface area contributed by atoms with Gasteiger partial charge in [0.25, 0.3) is 0 Å². The molecular formula is C13H29B. The van der Waals surface area contributed by atoms with Crippen LogP contribution in [0.15, 0.2) is 0 Å². The number of rotatable bonds is 7. The first kappa shape index (κ1) is 14.1. The molecule has 84 valence electrons. The van der Waals surface area contributed by atoms with Crippen molar-refractivity contribution in [3.05, 3.63) is 0 Å². The summed E-state index contributed by atoms with van der Waals surface area (Å²) in [6.45, 7) is 11.9. The van der Waals surface area contributed by atoms with Crippen LogP contribution in [0.3, 0.4) is 0 Å². The van der Waals surface area contributed by atoms with E-state index in [0.717, 1.165) is 0 Å². The Kier molecular flexibility index (Phi) is 5.85. The Morgan fingerprint density at radius 2 is 1.50 bits per heavy atom. The quantitative estimate of drug-likeness (QED) is 0.422. The minimum Gasteiger partial charge on any atom is -0.0664 e. The normalized spacial score (nSPS) is 20.1. The average Bonchev–Trinajstić information content (AvgIpc) is 2.17. The molecule has 0 aromatic carbocycles. The summed E-state index contributed by atoms with van der Waals surface area (Å²) >= 11 is 0. The van der Waals surface area contributed by atoms with E-state index in [0.29, 0.717) is 10.7 Å². The molecule has 0 aromatic rings. The van der Waals surface area contributed by atoms with E-state index in [4.69, 9.17) is 0 Å². The summed E-state index contributed by atoms with van der Waals surface area (Å²) in [6, 6.07) is 0. The molecule has 0 radical (unpaired) electrons. The van der Waals surface area contributed by atoms with Crippen molar-refractivity contribution >= 4 is 7.85 Å². The van der Waals surface area contributed by atoms with Gasteiger partial charge in [-0.3, -0.25) is 0 Å². The lowest BCUT2D eigenvalue weighted by Crippen LogP contribution is -2.31. The molecule has 0 aliphatic carbocycles. The van der Waals surface area contributed by atoms with Crippen molar-refractivity contribution in [2.24, 2.45) is 5.41 Å². The van der Waals surface area contributed by atoms with Crippen molar-refractivity contribution in [1.29, 1.82) is 0 Å². The molecule has 14 heavy (non-hydrogen) atoms. The third-order valence-corrected chi connectivity index (χ3v) is 4.63. The largest absolute Gasteiger partial charge is 0.109 e. The monoisotopic (exact) mass is 196 g/mol. The summed E-state index contributed by atoms with van der Waals surface area (Å²) in [5, 5.41) is 0.496. The second-order valence-corrected chi connectivity index (χ2v) is 5.61. The predicted molar refractivity (Wildman–Crippen MR) is 69.7 cm³/mol. The summed E-state index contributed by atoms with van der Waals surface area (Å²) in [4.78, 5) is 0. The van der Waals surface area contributed by atoms with Crippen LogP contribution >= 0.6 is 0 Å². The zero-order chi connectivity index (χ0) is 11.2. The van der Waals surface area contributed by atoms with E-state index in [2.05, 4.69) is 42.5 Å². The molecule has 2 atom stereocenters. The van der Waals surface area contributed by atoms with Gasteiger partial charge in [-0.05, 0) is 11.8 Å². The lowest BCUT2D eigenvalue weighted by Gasteiger charge is -2.44. The first-order valence-corrected chi connectivity index (χ1v) is 6.43. The van der Waals surface area contributed by atoms with Crippen LogP contribution in [-0.4, -0.2) is 7.85 Å². The van der Waals surface area contributed by atoms with Crippen LogP contribution in [0.5, 0.6) is 0 Å². The van der Waals surface area contributed by atoms with Gasteiger partial charge in [0.05, 0.1) is 0 Å². The highest BCUT2D eigenvalue weighted by Gasteiger charge is 2.36. The average molecular weight is 196 g/mol. The van der Waals surface area contributed by atoms with Crippen molar-refractivity contribution in [3.63, 3.8) is 0 Å². The Hall–Kier alpha value is 0.0649. The van der Waals surface area contributed by atoms with Crippen molar-refractivity contribution < 1.29 is 0 Å². The van der Waals surface area contributed by atoms with E-state index in [-0.39, 0.29) is 0 Å². The Morgan fingerprint density at radius 1 is 0.929 bits per heavy atom. The highest BCUT2D eigenvalue weighted by Crippen LogP contribution is 2.51. The van der Waals surface area contributed by atoms with Crippen molar-refractivity contribution in [3.8, 4) is 0 Å². The fraction of sp³-hybridized carbons (Fsp3) is 1.00. The van der Waals surface area contributed by atoms with Crippen molar-refractivity contribution in [2.75, 3.05) is 0 Å². The highest BCUT2D eigenvalue weighted by molar-refractivity contribution is 6.15. The standard InChI is InChI=1S/C13H29B/c1-6-9-10-11-12(4,7-2)13(5,14)8-3/h6-11,14H2,1-5H3. The molecule has 0 rings (SSSR count). The minimum atomic E-state index is 0.496. The number of hydrogen-bond acceptors (Lipinski definition) is 0. The molecule has 0 nitrogen and oxygen atoms in total. The molecule has 2 unspecified atom stereocenters. The minimum absolute atomic E-state index is 0.496. The number of hydrogen-bond donors (Lipinski definition) is 0. The van der Waals surface area contributed by atoms with Gasteiger partial charge in [-0.1, -0.05) is 72.0 Å². The van der Waals surface area contributed by atoms with Gasteiger partial charge >= 0.3 is 0 Å². The molecule has 0 saturated carbocycles. The van der Waals surface area contributed by atoms with E-state index in [1.807, 2.05) is 0 Å². The predicted octanol–water partition coefficient (Wildman–Crippen LogP) is 4.20. The van der Waals surface area contributed by atoms with E-state index in [1.165, 1.54) is 38.5 Å². The van der Waals surface area contributed by atoms with Crippen LogP contribution in [0.1, 0.15) is 73.1 Å². The summed E-state index contributed by atoms with van der Waals surface area (Å²) in [5.41, 5.74) is 0.539. The van der Waals surface area contributed by atoms with Crippen LogP contribution in [-0.2, 0) is 0 Å². The first-order chi connectivity index (χ1) is 6.43. The van der Waals surface area contributed by atoms with Gasteiger partial charge in [0.15, 0.2) is 0 Å². The zero-order valence-corrected chi connectivity index (χ0v) is 11.2. The van der Waals surface area contributed by atoms with Crippen molar-refractivity contribution in [1.82, 2.24) is 0 Å². The van der Waals surface area contributed by atoms with Gasteiger partial charge in [0.1, 0.15) is 7.85 Å². The van der Waals surface area contributed by atoms with Gasteiger partial charge < -0.3 is 0 Å². The van der Waals surface area contributed by atoms with E-state index >= 15 is 0 Å². The molecule has 0 N–H and O–H groups in total. The van der Waals surface area contributed by atoms with Crippen LogP contribution < -0.4 is 0 Å². The van der Waals surface area contributed by atoms with E-state index in [9.17, 15) is 0 Å². The maximum atomic E-state index is 2.48. The SMILES string of the molecule is BC(C)(CC)C(C)(CC)CCCCC. The second-order valence-electron chi connectivity index (χ2n) is 5.61. The lowest BCUT2D eigenvalue weighted by atomic mass is 9.50. The van der Waals surface area contributed by atoms with Gasteiger partial charge in [-0.15, -0.1) is 0 Å². The molecule has 0 amide bonds. The lowest BCUT2D eigenvalue weighted by molar-refractivity contribution is 0.180. The number of unbranched alkanes of at least 4 members (excludes halogenated alkanes) is 2. The molecular weight excluding hydrogens is 167 g/mol. The molecule has 0 fully saturated rings. The Balaban J connectivity index is 4.31. The van der Waals surface area contributed by atoms with Crippen molar-refractivity contribution in [2.45, 2.75) is 78.5 Å². The molecule has 0 heterocycles. The second kappa shape index (κ2) is 5.83. The Labute approximate surface area is 92.3 Å². The molecule has 0 spiro atoms. The third-order valence-electron chi connectivity index (χ3n) is 4.63. The fourth-order valence-electron chi connectivity index (χ4n) is 2.19. The van der Waals surface area contributed by atoms with E-state index in [1.54, 1.807) is 0 Å². The fourth-order valence-corrected chi connectivity index (χ4v) is 2.19. The third kappa shape index (κ3) is 3.33. The maximum absolute atomic E-state index is 2.48. The van der Waals surface area contributed by atoms with E-state index < -0.39 is 0 Å². The molecule has 0 aliphatic heterocycles. The molecule has 0 aromatic heterocycles. The summed E-state index contributed by atoms with van der Waals surface area (Å²) in [6.07, 6.45) is 8.16. The molecule has 0 aliphatic rings. The first-order valence-electron chi connectivity index (χ1n) is 6.43. The van der Waals surface area contributed by atoms with Crippen LogP contribution in [0, 0.1) is 5.41 Å². The van der Waals surface area contributed by atoms with Gasteiger partial charge in [-0.25, -0.2) is 0 Å². The van der Waals surface area contributed by atoms with Crippen LogP contribution in [0.2, 0.25) is 5.31 Å². The van der Waals surface area contributed by atoms with Crippen LogP contribution in [0.4, 0.5) is 0 Å². The maximum Gasteiger partial charge on any atom is 0.109 e. The topological polar surface area (TPSA) is 0 Å². The highest BCUT2D eigenvalue weighted by atomic mass is 14.4. The summed E-state index contributed by atoms with van der Waals surface area (Å²) in [5.74, 6) is 0. The van der Waals surface area contributed by atoms with Crippen LogP contribution in [0.25, 0.3) is 0 Å². The smallest absolute Gasteiger partial charge is 0.0664 e. The Bertz CT molecular complexity index is 151. The molecule has 0 bridgehead atoms. The molecule has 1 heteroatoms. The van der Waals surface area contributed by atoms with Gasteiger partial charge in [0.2, 0.25) is 0 Å². The summed E-state index contributed by atoms with van der Waals surface area (Å²) < 4.78 is 0. The Morgan fingerprint density at radius 3 is 1.86 bits per heavy atom.